The van der Waals surface area contributed by atoms with Gasteiger partial charge in [0.05, 0.1) is 16.4 Å². The van der Waals surface area contributed by atoms with E-state index in [0.717, 1.165) is 59.4 Å². The molecule has 4 aliphatic carbocycles. The molecule has 38 heavy (non-hydrogen) atoms. The number of rotatable bonds is 7. The molecule has 1 aromatic heterocycles. The molecule has 4 bridgehead atoms. The van der Waals surface area contributed by atoms with Crippen LogP contribution < -0.4 is 0 Å². The smallest absolute Gasteiger partial charge is 0.274 e. The van der Waals surface area contributed by atoms with Crippen molar-refractivity contribution in [1.82, 2.24) is 14.7 Å². The topological polar surface area (TPSA) is 38.1 Å². The van der Waals surface area contributed by atoms with Crippen molar-refractivity contribution in [3.63, 3.8) is 0 Å². The molecular weight excluding hydrogens is 537 g/mol. The highest BCUT2D eigenvalue weighted by molar-refractivity contribution is 6.35. The fourth-order valence-corrected chi connectivity index (χ4v) is 8.44. The molecule has 4 nitrogen and oxygen atoms in total. The van der Waals surface area contributed by atoms with Gasteiger partial charge in [0.15, 0.2) is 5.69 Å². The van der Waals surface area contributed by atoms with Gasteiger partial charge in [-0.2, -0.15) is 5.10 Å². The van der Waals surface area contributed by atoms with Crippen LogP contribution in [0.1, 0.15) is 61.0 Å². The third kappa shape index (κ3) is 4.89. The summed E-state index contributed by atoms with van der Waals surface area (Å²) in [5, 5.41) is 6.48. The minimum Gasteiger partial charge on any atom is -0.340 e. The van der Waals surface area contributed by atoms with Crippen LogP contribution >= 0.6 is 34.8 Å². The van der Waals surface area contributed by atoms with Gasteiger partial charge in [-0.15, -0.1) is 0 Å². The van der Waals surface area contributed by atoms with E-state index in [0.29, 0.717) is 26.4 Å². The number of hydrogen-bond acceptors (Lipinski definition) is 2. The van der Waals surface area contributed by atoms with Crippen LogP contribution in [0.5, 0.6) is 0 Å². The maximum absolute atomic E-state index is 13.7. The van der Waals surface area contributed by atoms with Crippen LogP contribution in [0.2, 0.25) is 15.1 Å². The summed E-state index contributed by atoms with van der Waals surface area (Å²) in [4.78, 5) is 15.5. The summed E-state index contributed by atoms with van der Waals surface area (Å²) < 4.78 is 1.76. The Balaban J connectivity index is 1.22. The average molecular weight is 571 g/mol. The number of hydrogen-bond donors (Lipinski definition) is 0. The fraction of sp³-hybridized carbons (Fsp3) is 0.484. The first kappa shape index (κ1) is 26.2. The van der Waals surface area contributed by atoms with Gasteiger partial charge < -0.3 is 4.90 Å². The van der Waals surface area contributed by atoms with E-state index in [1.165, 1.54) is 38.5 Å². The Kier molecular flexibility index (Phi) is 7.26. The summed E-state index contributed by atoms with van der Waals surface area (Å²) in [5.74, 6) is 4.65. The summed E-state index contributed by atoms with van der Waals surface area (Å²) in [6.45, 7) is 2.69. The highest BCUT2D eigenvalue weighted by Crippen LogP contribution is 2.57. The summed E-state index contributed by atoms with van der Waals surface area (Å²) in [6, 6.07) is 12.9. The van der Waals surface area contributed by atoms with Crippen LogP contribution in [0.15, 0.2) is 42.5 Å². The lowest BCUT2D eigenvalue weighted by Crippen LogP contribution is -2.45. The fourth-order valence-electron chi connectivity index (χ4n) is 7.83. The Morgan fingerprint density at radius 2 is 1.58 bits per heavy atom. The van der Waals surface area contributed by atoms with E-state index in [-0.39, 0.29) is 5.91 Å². The zero-order chi connectivity index (χ0) is 26.6. The second-order valence-corrected chi connectivity index (χ2v) is 13.1. The Hall–Kier alpha value is -2.01. The first-order valence-electron chi connectivity index (χ1n) is 13.8. The van der Waals surface area contributed by atoms with Gasteiger partial charge in [0.1, 0.15) is 0 Å². The number of amides is 1. The lowest BCUT2D eigenvalue weighted by molar-refractivity contribution is -0.0406. The van der Waals surface area contributed by atoms with E-state index < -0.39 is 0 Å². The van der Waals surface area contributed by atoms with Crippen LogP contribution in [-0.4, -0.2) is 34.2 Å². The predicted molar refractivity (Wildman–Crippen MR) is 155 cm³/mol. The van der Waals surface area contributed by atoms with Gasteiger partial charge in [-0.25, -0.2) is 4.68 Å². The average Bonchev–Trinajstić information content (AvgIpc) is 3.21. The van der Waals surface area contributed by atoms with E-state index in [1.54, 1.807) is 16.8 Å². The molecule has 0 spiro atoms. The molecule has 4 fully saturated rings. The minimum absolute atomic E-state index is 0.0633. The molecule has 0 N–H and O–H groups in total. The van der Waals surface area contributed by atoms with E-state index in [1.807, 2.05) is 49.2 Å². The van der Waals surface area contributed by atoms with Gasteiger partial charge in [-0.05, 0) is 112 Å². The highest BCUT2D eigenvalue weighted by Gasteiger charge is 2.47. The van der Waals surface area contributed by atoms with Crippen molar-refractivity contribution < 1.29 is 4.79 Å². The lowest BCUT2D eigenvalue weighted by Gasteiger charge is -2.54. The number of carbonyl (C=O) groups is 1. The second kappa shape index (κ2) is 10.5. The maximum Gasteiger partial charge on any atom is 0.274 e. The van der Waals surface area contributed by atoms with Gasteiger partial charge in [0.25, 0.3) is 5.91 Å². The van der Waals surface area contributed by atoms with Crippen LogP contribution in [0.4, 0.5) is 0 Å². The zero-order valence-electron chi connectivity index (χ0n) is 22.0. The Bertz CT molecular complexity index is 1320. The van der Waals surface area contributed by atoms with E-state index in [9.17, 15) is 4.79 Å². The number of aromatic nitrogens is 2. The lowest BCUT2D eigenvalue weighted by atomic mass is 9.51. The third-order valence-electron chi connectivity index (χ3n) is 9.38. The van der Waals surface area contributed by atoms with Gasteiger partial charge in [0, 0.05) is 34.8 Å². The first-order valence-corrected chi connectivity index (χ1v) is 15.0. The predicted octanol–water partition coefficient (Wildman–Crippen LogP) is 8.73. The molecule has 200 valence electrons. The third-order valence-corrected chi connectivity index (χ3v) is 10.2. The Morgan fingerprint density at radius 1 is 0.947 bits per heavy atom. The van der Waals surface area contributed by atoms with Crippen molar-refractivity contribution in [2.45, 2.75) is 51.9 Å². The molecule has 0 aliphatic heterocycles. The quantitative estimate of drug-likeness (QED) is 0.285. The van der Waals surface area contributed by atoms with Gasteiger partial charge in [-0.3, -0.25) is 4.79 Å². The second-order valence-electron chi connectivity index (χ2n) is 11.8. The Morgan fingerprint density at radius 3 is 2.21 bits per heavy atom. The number of nitrogens with zero attached hydrogens (tertiary/aromatic N) is 3. The summed E-state index contributed by atoms with van der Waals surface area (Å²) >= 11 is 18.9. The molecule has 2 aromatic carbocycles. The molecule has 0 saturated heterocycles. The molecule has 1 heterocycles. The maximum atomic E-state index is 13.7. The molecule has 1 amide bonds. The molecule has 7 heteroatoms. The van der Waals surface area contributed by atoms with Crippen LogP contribution in [0, 0.1) is 36.5 Å². The summed E-state index contributed by atoms with van der Waals surface area (Å²) in [7, 11) is 1.90. The number of carbonyl (C=O) groups excluding carboxylic acids is 1. The first-order chi connectivity index (χ1) is 18.3. The molecule has 0 atom stereocenters. The largest absolute Gasteiger partial charge is 0.340 e. The summed E-state index contributed by atoms with van der Waals surface area (Å²) in [5.41, 5.74) is 3.66. The highest BCUT2D eigenvalue weighted by atomic mass is 35.5. The van der Waals surface area contributed by atoms with Crippen LogP contribution in [-0.2, 0) is 0 Å². The Labute approximate surface area is 240 Å². The number of halogens is 3. The molecule has 3 aromatic rings. The van der Waals surface area contributed by atoms with Crippen molar-refractivity contribution in [2.24, 2.45) is 29.6 Å². The van der Waals surface area contributed by atoms with E-state index in [2.05, 4.69) is 0 Å². The normalized spacial score (nSPS) is 25.7. The SMILES string of the molecule is Cc1c(C(=O)N(C)CCCC2C3CC4CC(C3)CC2C4)nn(-c2ccc(Cl)cc2Cl)c1-c1ccc(Cl)cc1. The zero-order valence-corrected chi connectivity index (χ0v) is 24.2. The van der Waals surface area contributed by atoms with Crippen molar-refractivity contribution in [3.05, 3.63) is 68.8 Å². The summed E-state index contributed by atoms with van der Waals surface area (Å²) in [6.07, 6.45) is 9.56. The van der Waals surface area contributed by atoms with Crippen molar-refractivity contribution >= 4 is 40.7 Å². The van der Waals surface area contributed by atoms with Crippen molar-refractivity contribution in [1.29, 1.82) is 0 Å². The van der Waals surface area contributed by atoms with Gasteiger partial charge in [0.2, 0.25) is 0 Å². The molecule has 4 aliphatic rings. The van der Waals surface area contributed by atoms with E-state index >= 15 is 0 Å². The molecule has 0 radical (unpaired) electrons. The van der Waals surface area contributed by atoms with E-state index in [4.69, 9.17) is 39.9 Å². The van der Waals surface area contributed by atoms with Crippen LogP contribution in [0.3, 0.4) is 0 Å². The standard InChI is InChI=1S/C31H34Cl3N3O/c1-18-29(31(38)36(2)11-3-4-26-22-13-19-12-20(15-22)16-23(26)14-19)35-37(28-10-9-25(33)17-27(28)34)30(18)21-5-7-24(32)8-6-21/h5-10,17,19-20,22-23,26H,3-4,11-16H2,1-2H3. The monoisotopic (exact) mass is 569 g/mol. The minimum atomic E-state index is -0.0633. The molecule has 0 unspecified atom stereocenters. The van der Waals surface area contributed by atoms with Gasteiger partial charge >= 0.3 is 0 Å². The molecular formula is C31H34Cl3N3O. The molecule has 7 rings (SSSR count). The van der Waals surface area contributed by atoms with Crippen molar-refractivity contribution in [2.75, 3.05) is 13.6 Å². The molecule has 4 saturated carbocycles. The van der Waals surface area contributed by atoms with Crippen LogP contribution in [0.25, 0.3) is 16.9 Å². The van der Waals surface area contributed by atoms with Crippen molar-refractivity contribution in [3.8, 4) is 16.9 Å². The number of benzene rings is 2. The van der Waals surface area contributed by atoms with Gasteiger partial charge in [-0.1, -0.05) is 46.9 Å².